The Kier molecular flexibility index (Phi) is 11.3. The van der Waals surface area contributed by atoms with Crippen LogP contribution in [0.25, 0.3) is 23.4 Å². The van der Waals surface area contributed by atoms with Crippen LogP contribution in [-0.2, 0) is 23.9 Å². The number of hydrogen-bond acceptors (Lipinski definition) is 12. The minimum absolute atomic E-state index is 0.00465. The minimum Gasteiger partial charge on any atom is -0.443 e. The van der Waals surface area contributed by atoms with Gasteiger partial charge in [0.15, 0.2) is 11.3 Å². The van der Waals surface area contributed by atoms with Crippen molar-refractivity contribution in [3.8, 4) is 0 Å². The molecule has 2 saturated carbocycles. The Balaban J connectivity index is 0.000000169. The summed E-state index contributed by atoms with van der Waals surface area (Å²) >= 11 is 12.4. The normalized spacial score (nSPS) is 17.8. The Morgan fingerprint density at radius 1 is 0.869 bits per heavy atom. The third-order valence-electron chi connectivity index (χ3n) is 10.2. The number of amides is 5. The van der Waals surface area contributed by atoms with Gasteiger partial charge in [0.1, 0.15) is 28.2 Å². The van der Waals surface area contributed by atoms with Crippen molar-refractivity contribution in [1.82, 2.24) is 39.8 Å². The molecular formula is C42H43Cl2N11O6. The fraction of sp³-hybridized carbons (Fsp3) is 0.357. The number of aromatic nitrogens is 6. The summed E-state index contributed by atoms with van der Waals surface area (Å²) in [6, 6.07) is 9.12. The summed E-state index contributed by atoms with van der Waals surface area (Å²) in [6.45, 7) is 8.76. The summed E-state index contributed by atoms with van der Waals surface area (Å²) in [5.41, 5.74) is 4.11. The number of rotatable bonds is 10. The number of hydrogen-bond donors (Lipinski definition) is 4. The second kappa shape index (κ2) is 16.6. The lowest BCUT2D eigenvalue weighted by Gasteiger charge is -2.27. The van der Waals surface area contributed by atoms with Gasteiger partial charge < -0.3 is 15.4 Å². The Morgan fingerprint density at radius 2 is 1.48 bits per heavy atom. The van der Waals surface area contributed by atoms with Crippen molar-refractivity contribution in [3.05, 3.63) is 80.7 Å². The van der Waals surface area contributed by atoms with Gasteiger partial charge in [0, 0.05) is 58.2 Å². The second-order valence-corrected chi connectivity index (χ2v) is 17.3. The SMILES string of the molecule is CC(C)(C)OC(=O)N(CC1CC1)c1cc(Cl)nc2c(/C=C3\CC(=O)NC3=O)cnn12.Cc1ccc(Cl)cc1Nc1cc(NCC2CC2)n2ncc(/C=C3\CC(=O)NC3=O)c2n1. The number of aryl methyl sites for hydroxylation is 1. The molecule has 4 N–H and O–H groups in total. The fourth-order valence-corrected chi connectivity index (χ4v) is 7.04. The molecular weight excluding hydrogens is 825 g/mol. The number of benzene rings is 1. The smallest absolute Gasteiger partial charge is 0.416 e. The van der Waals surface area contributed by atoms with Crippen molar-refractivity contribution in [2.75, 3.05) is 28.6 Å². The Hall–Kier alpha value is -6.33. The molecule has 4 fully saturated rings. The highest BCUT2D eigenvalue weighted by atomic mass is 35.5. The Morgan fingerprint density at radius 3 is 2.05 bits per heavy atom. The van der Waals surface area contributed by atoms with Gasteiger partial charge in [0.25, 0.3) is 11.8 Å². The monoisotopic (exact) mass is 867 g/mol. The van der Waals surface area contributed by atoms with Crippen molar-refractivity contribution >= 4 is 99.5 Å². The van der Waals surface area contributed by atoms with Crippen LogP contribution in [0.2, 0.25) is 10.2 Å². The van der Waals surface area contributed by atoms with E-state index in [1.165, 1.54) is 28.5 Å². The number of anilines is 4. The van der Waals surface area contributed by atoms with Gasteiger partial charge in [0.2, 0.25) is 11.8 Å². The van der Waals surface area contributed by atoms with Gasteiger partial charge in [-0.1, -0.05) is 29.3 Å². The maximum absolute atomic E-state index is 12.9. The second-order valence-electron chi connectivity index (χ2n) is 16.5. The summed E-state index contributed by atoms with van der Waals surface area (Å²) in [5, 5.41) is 21.0. The van der Waals surface area contributed by atoms with Crippen molar-refractivity contribution in [1.29, 1.82) is 0 Å². The maximum atomic E-state index is 12.9. The van der Waals surface area contributed by atoms with E-state index in [0.717, 1.165) is 36.5 Å². The molecule has 6 heterocycles. The molecule has 0 spiro atoms. The van der Waals surface area contributed by atoms with Crippen LogP contribution in [0.15, 0.2) is 53.9 Å². The molecule has 19 heteroatoms. The highest BCUT2D eigenvalue weighted by molar-refractivity contribution is 6.31. The standard InChI is InChI=1S/C22H21ClN6O2.C20H22ClN5O4/c1-12-2-5-16(23)8-17(12)26-18-9-19(24-10-13-3-4-13)29-21(27-18)15(11-25-29)6-14-7-20(30)28-22(14)31;1-20(2,3)30-19(29)25(10-11-4-5-11)16-8-14(21)23-17-13(9-22-26(16)17)6-12-7-15(27)24-18(12)28/h2,5-6,8-9,11,13,24H,3-4,7,10H2,1H3,(H,26,27)(H,28,30,31);6,8-9,11H,4-5,7,10H2,1-3H3,(H,24,27,28)/b14-6+;12-6+. The molecule has 17 nitrogen and oxygen atoms in total. The van der Waals surface area contributed by atoms with Gasteiger partial charge in [-0.25, -0.2) is 14.8 Å². The number of nitrogens with one attached hydrogen (secondary N) is 4. The van der Waals surface area contributed by atoms with Crippen LogP contribution >= 0.6 is 23.2 Å². The van der Waals surface area contributed by atoms with E-state index in [-0.39, 0.29) is 35.7 Å². The van der Waals surface area contributed by atoms with Crippen LogP contribution in [-0.4, -0.2) is 77.6 Å². The topological polar surface area (TPSA) is 206 Å². The van der Waals surface area contributed by atoms with Crippen LogP contribution in [0.3, 0.4) is 0 Å². The van der Waals surface area contributed by atoms with E-state index in [1.54, 1.807) is 28.9 Å². The summed E-state index contributed by atoms with van der Waals surface area (Å²) < 4.78 is 8.81. The molecule has 0 radical (unpaired) electrons. The first-order chi connectivity index (χ1) is 29.1. The zero-order valence-corrected chi connectivity index (χ0v) is 35.4. The summed E-state index contributed by atoms with van der Waals surface area (Å²) in [5.74, 6) is 1.47. The van der Waals surface area contributed by atoms with E-state index in [4.69, 9.17) is 32.9 Å². The lowest BCUT2D eigenvalue weighted by atomic mass is 10.1. The molecule has 9 rings (SSSR count). The highest BCUT2D eigenvalue weighted by Gasteiger charge is 2.33. The van der Waals surface area contributed by atoms with Gasteiger partial charge in [-0.2, -0.15) is 19.2 Å². The molecule has 2 saturated heterocycles. The van der Waals surface area contributed by atoms with E-state index in [9.17, 15) is 24.0 Å². The number of fused-ring (bicyclic) bond motifs is 2. The number of carbonyl (C=O) groups is 5. The molecule has 61 heavy (non-hydrogen) atoms. The fourth-order valence-electron chi connectivity index (χ4n) is 6.69. The van der Waals surface area contributed by atoms with Crippen LogP contribution < -0.4 is 26.2 Å². The molecule has 1 aromatic carbocycles. The summed E-state index contributed by atoms with van der Waals surface area (Å²) in [4.78, 5) is 70.4. The average molecular weight is 869 g/mol. The molecule has 0 atom stereocenters. The van der Waals surface area contributed by atoms with Gasteiger partial charge in [-0.15, -0.1) is 0 Å². The zero-order chi connectivity index (χ0) is 43.2. The molecule has 2 aliphatic heterocycles. The molecule has 2 aliphatic carbocycles. The lowest BCUT2D eigenvalue weighted by molar-refractivity contribution is -0.125. The first kappa shape index (κ1) is 41.4. The van der Waals surface area contributed by atoms with Gasteiger partial charge in [-0.3, -0.25) is 34.7 Å². The summed E-state index contributed by atoms with van der Waals surface area (Å²) in [7, 11) is 0. The molecule has 5 aromatic rings. The van der Waals surface area contributed by atoms with Crippen LogP contribution in [0, 0.1) is 18.8 Å². The average Bonchev–Trinajstić information content (AvgIpc) is 4.06. The van der Waals surface area contributed by atoms with E-state index in [2.05, 4.69) is 36.4 Å². The van der Waals surface area contributed by atoms with Crippen molar-refractivity contribution in [2.24, 2.45) is 11.8 Å². The van der Waals surface area contributed by atoms with Crippen LogP contribution in [0.1, 0.15) is 76.0 Å². The Bertz CT molecular complexity index is 2690. The van der Waals surface area contributed by atoms with E-state index in [1.807, 2.05) is 52.0 Å². The quantitative estimate of drug-likeness (QED) is 0.0662. The number of halogens is 2. The molecule has 4 aliphatic rings. The predicted molar refractivity (Wildman–Crippen MR) is 229 cm³/mol. The minimum atomic E-state index is -0.656. The number of ether oxygens (including phenoxy) is 1. The number of carbonyl (C=O) groups excluding carboxylic acids is 5. The maximum Gasteiger partial charge on any atom is 0.416 e. The largest absolute Gasteiger partial charge is 0.443 e. The third-order valence-corrected chi connectivity index (χ3v) is 10.6. The highest BCUT2D eigenvalue weighted by Crippen LogP contribution is 2.34. The number of imide groups is 2. The molecule has 0 bridgehead atoms. The molecule has 4 aromatic heterocycles. The molecule has 5 amide bonds. The number of nitrogens with zero attached hydrogens (tertiary/aromatic N) is 7. The van der Waals surface area contributed by atoms with Crippen LogP contribution in [0.5, 0.6) is 0 Å². The Labute approximate surface area is 359 Å². The van der Waals surface area contributed by atoms with Gasteiger partial charge in [0.05, 0.1) is 25.2 Å². The third kappa shape index (κ3) is 9.84. The summed E-state index contributed by atoms with van der Waals surface area (Å²) in [6.07, 6.45) is 10.5. The van der Waals surface area contributed by atoms with Crippen molar-refractivity contribution in [3.63, 3.8) is 0 Å². The van der Waals surface area contributed by atoms with E-state index >= 15 is 0 Å². The first-order valence-electron chi connectivity index (χ1n) is 19.9. The van der Waals surface area contributed by atoms with Crippen LogP contribution in [0.4, 0.5) is 27.9 Å². The van der Waals surface area contributed by atoms with Crippen molar-refractivity contribution in [2.45, 2.75) is 71.8 Å². The van der Waals surface area contributed by atoms with Gasteiger partial charge >= 0.3 is 6.09 Å². The van der Waals surface area contributed by atoms with E-state index in [0.29, 0.717) is 68.6 Å². The van der Waals surface area contributed by atoms with Gasteiger partial charge in [-0.05, 0) is 95.1 Å². The predicted octanol–water partition coefficient (Wildman–Crippen LogP) is 6.65. The first-order valence-corrected chi connectivity index (χ1v) is 20.6. The zero-order valence-electron chi connectivity index (χ0n) is 33.8. The lowest BCUT2D eigenvalue weighted by Crippen LogP contribution is -2.39. The molecule has 316 valence electrons. The van der Waals surface area contributed by atoms with E-state index < -0.39 is 17.6 Å². The van der Waals surface area contributed by atoms with Crippen molar-refractivity contribution < 1.29 is 28.7 Å². The molecule has 0 unspecified atom stereocenters.